The molecule has 0 spiro atoms. The molecule has 0 unspecified atom stereocenters. The molecule has 1 N–H and O–H groups in total. The maximum absolute atomic E-state index is 12.3. The van der Waals surface area contributed by atoms with Crippen molar-refractivity contribution in [3.8, 4) is 0 Å². The number of urea groups is 1. The third kappa shape index (κ3) is 3.62. The van der Waals surface area contributed by atoms with Gasteiger partial charge in [-0.25, -0.2) is 4.79 Å². The van der Waals surface area contributed by atoms with Crippen LogP contribution in [0.15, 0.2) is 17.5 Å². The van der Waals surface area contributed by atoms with E-state index in [4.69, 9.17) is 4.74 Å². The van der Waals surface area contributed by atoms with Crippen LogP contribution in [0.25, 0.3) is 0 Å². The summed E-state index contributed by atoms with van der Waals surface area (Å²) in [6.45, 7) is 4.59. The van der Waals surface area contributed by atoms with Gasteiger partial charge in [0.15, 0.2) is 0 Å². The number of nitrogens with one attached hydrogen (secondary N) is 1. The predicted molar refractivity (Wildman–Crippen MR) is 88.2 cm³/mol. The number of amides is 2. The molecule has 2 atom stereocenters. The minimum Gasteiger partial charge on any atom is -0.378 e. The minimum atomic E-state index is 0.0569. The van der Waals surface area contributed by atoms with Gasteiger partial charge in [0.1, 0.15) is 0 Å². The Labute approximate surface area is 136 Å². The lowest BCUT2D eigenvalue weighted by atomic mass is 9.88. The van der Waals surface area contributed by atoms with Gasteiger partial charge < -0.3 is 15.0 Å². The molecule has 1 aromatic rings. The van der Waals surface area contributed by atoms with Gasteiger partial charge >= 0.3 is 6.03 Å². The third-order valence-electron chi connectivity index (χ3n) is 4.66. The van der Waals surface area contributed by atoms with Gasteiger partial charge in [-0.15, -0.1) is 11.3 Å². The maximum Gasteiger partial charge on any atom is 0.317 e. The van der Waals surface area contributed by atoms with E-state index in [0.29, 0.717) is 38.3 Å². The van der Waals surface area contributed by atoms with Crippen molar-refractivity contribution >= 4 is 17.4 Å². The standard InChI is InChI=1S/C16H25N3O2S/c1-18-6-2-4-13(15(18)14-5-3-11-22-14)12-17-16(20)19-7-9-21-10-8-19/h3,5,11,13,15H,2,4,6-10,12H2,1H3,(H,17,20)/t13-,15+/m1/s1. The molecule has 122 valence electrons. The summed E-state index contributed by atoms with van der Waals surface area (Å²) in [4.78, 5) is 18.0. The van der Waals surface area contributed by atoms with Crippen molar-refractivity contribution in [2.45, 2.75) is 18.9 Å². The highest BCUT2D eigenvalue weighted by molar-refractivity contribution is 7.10. The van der Waals surface area contributed by atoms with Crippen molar-refractivity contribution in [2.75, 3.05) is 46.4 Å². The Kier molecular flexibility index (Phi) is 5.33. The van der Waals surface area contributed by atoms with Gasteiger partial charge in [0.05, 0.1) is 13.2 Å². The summed E-state index contributed by atoms with van der Waals surface area (Å²) in [6.07, 6.45) is 2.38. The summed E-state index contributed by atoms with van der Waals surface area (Å²) < 4.78 is 5.30. The van der Waals surface area contributed by atoms with E-state index >= 15 is 0 Å². The van der Waals surface area contributed by atoms with E-state index in [9.17, 15) is 4.79 Å². The van der Waals surface area contributed by atoms with Crippen LogP contribution in [0.2, 0.25) is 0 Å². The normalized spacial score (nSPS) is 26.9. The van der Waals surface area contributed by atoms with Gasteiger partial charge in [0, 0.05) is 30.6 Å². The summed E-state index contributed by atoms with van der Waals surface area (Å²) in [5.74, 6) is 0.488. The number of ether oxygens (including phenoxy) is 1. The number of likely N-dealkylation sites (tertiary alicyclic amines) is 1. The number of rotatable bonds is 3. The lowest BCUT2D eigenvalue weighted by Gasteiger charge is -2.39. The largest absolute Gasteiger partial charge is 0.378 e. The zero-order valence-electron chi connectivity index (χ0n) is 13.2. The second-order valence-electron chi connectivity index (χ2n) is 6.13. The smallest absolute Gasteiger partial charge is 0.317 e. The van der Waals surface area contributed by atoms with Crippen LogP contribution < -0.4 is 5.32 Å². The molecule has 5 nitrogen and oxygen atoms in total. The minimum absolute atomic E-state index is 0.0569. The zero-order valence-corrected chi connectivity index (χ0v) is 14.0. The van der Waals surface area contributed by atoms with E-state index in [1.165, 1.54) is 17.7 Å². The Morgan fingerprint density at radius 2 is 2.23 bits per heavy atom. The average molecular weight is 323 g/mol. The number of carbonyl (C=O) groups is 1. The molecular weight excluding hydrogens is 298 g/mol. The quantitative estimate of drug-likeness (QED) is 0.927. The SMILES string of the molecule is CN1CCC[C@H](CNC(=O)N2CCOCC2)[C@H]1c1cccs1. The van der Waals surface area contributed by atoms with Crippen molar-refractivity contribution in [3.63, 3.8) is 0 Å². The lowest BCUT2D eigenvalue weighted by Crippen LogP contribution is -2.49. The average Bonchev–Trinajstić information content (AvgIpc) is 3.07. The second kappa shape index (κ2) is 7.44. The van der Waals surface area contributed by atoms with Gasteiger partial charge in [-0.1, -0.05) is 6.07 Å². The van der Waals surface area contributed by atoms with Crippen LogP contribution in [0.3, 0.4) is 0 Å². The van der Waals surface area contributed by atoms with Crippen LogP contribution in [0.1, 0.15) is 23.8 Å². The highest BCUT2D eigenvalue weighted by Crippen LogP contribution is 2.36. The Morgan fingerprint density at radius 1 is 1.41 bits per heavy atom. The molecule has 2 amide bonds. The number of nitrogens with zero attached hydrogens (tertiary/aromatic N) is 2. The van der Waals surface area contributed by atoms with E-state index in [-0.39, 0.29) is 6.03 Å². The molecular formula is C16H25N3O2S. The molecule has 0 bridgehead atoms. The zero-order chi connectivity index (χ0) is 15.4. The van der Waals surface area contributed by atoms with Crippen LogP contribution in [0.4, 0.5) is 4.79 Å². The first-order valence-electron chi connectivity index (χ1n) is 8.10. The van der Waals surface area contributed by atoms with E-state index in [0.717, 1.165) is 13.1 Å². The van der Waals surface area contributed by atoms with Crippen LogP contribution in [-0.4, -0.2) is 62.3 Å². The molecule has 22 heavy (non-hydrogen) atoms. The fourth-order valence-electron chi connectivity index (χ4n) is 3.48. The molecule has 0 saturated carbocycles. The summed E-state index contributed by atoms with van der Waals surface area (Å²) >= 11 is 1.82. The number of piperidine rings is 1. The molecule has 3 heterocycles. The van der Waals surface area contributed by atoms with E-state index in [1.807, 2.05) is 16.2 Å². The first kappa shape index (κ1) is 15.8. The fourth-order valence-corrected chi connectivity index (χ4v) is 4.46. The molecule has 0 aromatic carbocycles. The van der Waals surface area contributed by atoms with Gasteiger partial charge in [-0.3, -0.25) is 4.90 Å². The van der Waals surface area contributed by atoms with Crippen LogP contribution in [0.5, 0.6) is 0 Å². The first-order valence-corrected chi connectivity index (χ1v) is 8.98. The van der Waals surface area contributed by atoms with E-state index in [2.05, 4.69) is 34.8 Å². The first-order chi connectivity index (χ1) is 10.8. The maximum atomic E-state index is 12.3. The number of thiophene rings is 1. The van der Waals surface area contributed by atoms with Gasteiger partial charge in [-0.05, 0) is 43.8 Å². The molecule has 2 aliphatic heterocycles. The Bertz CT molecular complexity index is 474. The molecule has 0 radical (unpaired) electrons. The summed E-state index contributed by atoms with van der Waals surface area (Å²) in [5, 5.41) is 5.28. The van der Waals surface area contributed by atoms with Gasteiger partial charge in [0.2, 0.25) is 0 Å². The van der Waals surface area contributed by atoms with Crippen molar-refractivity contribution in [1.82, 2.24) is 15.1 Å². The Balaban J connectivity index is 1.58. The number of hydrogen-bond acceptors (Lipinski definition) is 4. The van der Waals surface area contributed by atoms with E-state index < -0.39 is 0 Å². The molecule has 3 rings (SSSR count). The lowest BCUT2D eigenvalue weighted by molar-refractivity contribution is 0.0519. The monoisotopic (exact) mass is 323 g/mol. The van der Waals surface area contributed by atoms with E-state index in [1.54, 1.807) is 0 Å². The van der Waals surface area contributed by atoms with Crippen molar-refractivity contribution < 1.29 is 9.53 Å². The van der Waals surface area contributed by atoms with Crippen LogP contribution in [0, 0.1) is 5.92 Å². The molecule has 2 saturated heterocycles. The number of hydrogen-bond donors (Lipinski definition) is 1. The molecule has 1 aromatic heterocycles. The molecule has 2 aliphatic rings. The summed E-state index contributed by atoms with van der Waals surface area (Å²) in [6, 6.07) is 4.82. The molecule has 2 fully saturated rings. The molecule has 0 aliphatic carbocycles. The summed E-state index contributed by atoms with van der Waals surface area (Å²) in [7, 11) is 2.19. The third-order valence-corrected chi connectivity index (χ3v) is 5.60. The summed E-state index contributed by atoms with van der Waals surface area (Å²) in [5.41, 5.74) is 0. The highest BCUT2D eigenvalue weighted by Gasteiger charge is 2.31. The van der Waals surface area contributed by atoms with Crippen molar-refractivity contribution in [2.24, 2.45) is 5.92 Å². The second-order valence-corrected chi connectivity index (χ2v) is 7.11. The topological polar surface area (TPSA) is 44.8 Å². The predicted octanol–water partition coefficient (Wildman–Crippen LogP) is 2.17. The van der Waals surface area contributed by atoms with Crippen molar-refractivity contribution in [1.29, 1.82) is 0 Å². The number of morpholine rings is 1. The van der Waals surface area contributed by atoms with Crippen LogP contribution >= 0.6 is 11.3 Å². The fraction of sp³-hybridized carbons (Fsp3) is 0.688. The number of carbonyl (C=O) groups excluding carboxylic acids is 1. The molecule has 6 heteroatoms. The van der Waals surface area contributed by atoms with Crippen LogP contribution in [-0.2, 0) is 4.74 Å². The Hall–Kier alpha value is -1.11. The highest BCUT2D eigenvalue weighted by atomic mass is 32.1. The van der Waals surface area contributed by atoms with Gasteiger partial charge in [0.25, 0.3) is 0 Å². The Morgan fingerprint density at radius 3 is 2.95 bits per heavy atom. The van der Waals surface area contributed by atoms with Gasteiger partial charge in [-0.2, -0.15) is 0 Å². The van der Waals surface area contributed by atoms with Crippen molar-refractivity contribution in [3.05, 3.63) is 22.4 Å².